The molecule has 6 heteroatoms. The number of carbonyl (C=O) groups excluding carboxylic acids is 2. The van der Waals surface area contributed by atoms with Gasteiger partial charge in [0.25, 0.3) is 0 Å². The van der Waals surface area contributed by atoms with Gasteiger partial charge in [0.2, 0.25) is 11.8 Å². The van der Waals surface area contributed by atoms with Crippen LogP contribution >= 0.6 is 22.7 Å². The van der Waals surface area contributed by atoms with Crippen LogP contribution in [0.2, 0.25) is 0 Å². The molecule has 4 saturated carbocycles. The Labute approximate surface area is 161 Å². The van der Waals surface area contributed by atoms with Crippen LogP contribution in [0.4, 0.5) is 11.4 Å². The Morgan fingerprint density at radius 3 is 1.69 bits per heavy atom. The maximum atomic E-state index is 13.2. The van der Waals surface area contributed by atoms with Crippen molar-refractivity contribution in [3.63, 3.8) is 0 Å². The number of hydrogen-bond donors (Lipinski definition) is 2. The van der Waals surface area contributed by atoms with Gasteiger partial charge in [-0.3, -0.25) is 9.59 Å². The van der Waals surface area contributed by atoms with Gasteiger partial charge in [-0.15, -0.1) is 0 Å². The Morgan fingerprint density at radius 1 is 0.846 bits per heavy atom. The van der Waals surface area contributed by atoms with E-state index in [9.17, 15) is 9.59 Å². The van der Waals surface area contributed by atoms with Crippen molar-refractivity contribution in [2.45, 2.75) is 38.5 Å². The molecule has 4 aliphatic rings. The maximum absolute atomic E-state index is 13.2. The quantitative estimate of drug-likeness (QED) is 0.779. The highest BCUT2D eigenvalue weighted by atomic mass is 32.1. The molecule has 2 heterocycles. The van der Waals surface area contributed by atoms with Crippen LogP contribution in [-0.2, 0) is 9.59 Å². The molecule has 0 saturated heterocycles. The lowest BCUT2D eigenvalue weighted by atomic mass is 9.43. The average molecular weight is 387 g/mol. The Bertz CT molecular complexity index is 748. The van der Waals surface area contributed by atoms with Crippen molar-refractivity contribution in [1.82, 2.24) is 0 Å². The van der Waals surface area contributed by atoms with Crippen LogP contribution in [0.1, 0.15) is 38.5 Å². The van der Waals surface area contributed by atoms with Crippen LogP contribution in [0.3, 0.4) is 0 Å². The topological polar surface area (TPSA) is 58.2 Å². The highest BCUT2D eigenvalue weighted by Gasteiger charge is 2.63. The van der Waals surface area contributed by atoms with Crippen molar-refractivity contribution < 1.29 is 9.59 Å². The molecule has 2 amide bonds. The summed E-state index contributed by atoms with van der Waals surface area (Å²) in [6.07, 6.45) is 5.62. The summed E-state index contributed by atoms with van der Waals surface area (Å²) in [7, 11) is 0. The van der Waals surface area contributed by atoms with Crippen LogP contribution in [0.15, 0.2) is 33.7 Å². The SMILES string of the molecule is O=C(Nc1ccsc1)C12CC3CC(C1)CC(C(=O)Nc1ccsc1)(C3)C2. The summed E-state index contributed by atoms with van der Waals surface area (Å²) in [5.74, 6) is 1.24. The first-order valence-corrected chi connectivity index (χ1v) is 11.1. The number of nitrogens with one attached hydrogen (secondary N) is 2. The molecular weight excluding hydrogens is 364 g/mol. The van der Waals surface area contributed by atoms with E-state index in [1.807, 2.05) is 33.7 Å². The lowest BCUT2D eigenvalue weighted by Gasteiger charge is -2.60. The van der Waals surface area contributed by atoms with Gasteiger partial charge in [0.05, 0.1) is 22.2 Å². The zero-order chi connectivity index (χ0) is 17.8. The van der Waals surface area contributed by atoms with Crippen molar-refractivity contribution >= 4 is 45.9 Å². The molecule has 0 spiro atoms. The fourth-order valence-corrected chi connectivity index (χ4v) is 7.17. The Balaban J connectivity index is 1.42. The maximum Gasteiger partial charge on any atom is 0.230 e. The molecule has 0 atom stereocenters. The van der Waals surface area contributed by atoms with E-state index >= 15 is 0 Å². The molecular formula is C20H22N2O2S2. The molecule has 26 heavy (non-hydrogen) atoms. The number of rotatable bonds is 4. The third-order valence-corrected chi connectivity index (χ3v) is 7.95. The number of thiophene rings is 2. The fraction of sp³-hybridized carbons (Fsp3) is 0.500. The minimum absolute atomic E-state index is 0.123. The Morgan fingerprint density at radius 2 is 1.31 bits per heavy atom. The molecule has 4 bridgehead atoms. The van der Waals surface area contributed by atoms with Crippen LogP contribution in [0.25, 0.3) is 0 Å². The van der Waals surface area contributed by atoms with E-state index in [-0.39, 0.29) is 22.6 Å². The van der Waals surface area contributed by atoms with Crippen molar-refractivity contribution in [2.24, 2.45) is 22.7 Å². The summed E-state index contributed by atoms with van der Waals surface area (Å²) in [4.78, 5) is 26.4. The molecule has 0 aromatic carbocycles. The van der Waals surface area contributed by atoms with E-state index in [1.54, 1.807) is 22.7 Å². The number of amides is 2. The molecule has 0 unspecified atom stereocenters. The van der Waals surface area contributed by atoms with Gasteiger partial charge in [-0.05, 0) is 73.3 Å². The summed E-state index contributed by atoms with van der Waals surface area (Å²) < 4.78 is 0. The van der Waals surface area contributed by atoms with Crippen molar-refractivity contribution in [3.8, 4) is 0 Å². The first-order valence-electron chi connectivity index (χ1n) is 9.24. The molecule has 4 fully saturated rings. The average Bonchev–Trinajstić information content (AvgIpc) is 3.27. The minimum Gasteiger partial charge on any atom is -0.325 e. The van der Waals surface area contributed by atoms with Gasteiger partial charge in [-0.2, -0.15) is 22.7 Å². The third kappa shape index (κ3) is 2.62. The molecule has 0 radical (unpaired) electrons. The van der Waals surface area contributed by atoms with E-state index in [4.69, 9.17) is 0 Å². The van der Waals surface area contributed by atoms with Gasteiger partial charge >= 0.3 is 0 Å². The first-order chi connectivity index (χ1) is 12.6. The minimum atomic E-state index is -0.377. The summed E-state index contributed by atoms with van der Waals surface area (Å²) in [6, 6.07) is 3.89. The van der Waals surface area contributed by atoms with Gasteiger partial charge in [0.15, 0.2) is 0 Å². The van der Waals surface area contributed by atoms with Crippen LogP contribution in [0.5, 0.6) is 0 Å². The molecule has 0 aliphatic heterocycles. The summed E-state index contributed by atoms with van der Waals surface area (Å²) in [5, 5.41) is 14.1. The molecule has 136 valence electrons. The van der Waals surface area contributed by atoms with E-state index < -0.39 is 0 Å². The van der Waals surface area contributed by atoms with Gasteiger partial charge in [-0.1, -0.05) is 0 Å². The van der Waals surface area contributed by atoms with E-state index in [2.05, 4.69) is 10.6 Å². The zero-order valence-electron chi connectivity index (χ0n) is 14.5. The highest BCUT2D eigenvalue weighted by Crippen LogP contribution is 2.65. The highest BCUT2D eigenvalue weighted by molar-refractivity contribution is 7.08. The van der Waals surface area contributed by atoms with E-state index in [0.29, 0.717) is 18.3 Å². The van der Waals surface area contributed by atoms with Crippen molar-refractivity contribution in [3.05, 3.63) is 33.7 Å². The number of hydrogen-bond acceptors (Lipinski definition) is 4. The first kappa shape index (κ1) is 16.5. The van der Waals surface area contributed by atoms with E-state index in [0.717, 1.165) is 37.1 Å². The van der Waals surface area contributed by atoms with Gasteiger partial charge in [0, 0.05) is 10.8 Å². The Hall–Kier alpha value is -1.66. The zero-order valence-corrected chi connectivity index (χ0v) is 16.1. The van der Waals surface area contributed by atoms with E-state index in [1.165, 1.54) is 6.42 Å². The monoisotopic (exact) mass is 386 g/mol. The molecule has 4 aliphatic carbocycles. The summed E-state index contributed by atoms with van der Waals surface area (Å²) >= 11 is 3.17. The van der Waals surface area contributed by atoms with Gasteiger partial charge in [0.1, 0.15) is 0 Å². The summed E-state index contributed by atoms with van der Waals surface area (Å²) in [5.41, 5.74) is 1.01. The van der Waals surface area contributed by atoms with Crippen LogP contribution in [-0.4, -0.2) is 11.8 Å². The molecule has 4 nitrogen and oxygen atoms in total. The standard InChI is InChI=1S/C20H22N2O2S2/c23-17(21-15-1-3-25-10-15)19-6-13-5-14(7-19)9-20(8-13,12-19)18(24)22-16-2-4-26-11-16/h1-4,10-11,13-14H,5-9,12H2,(H,21,23)(H,22,24). The second-order valence-corrected chi connectivity index (χ2v) is 10.0. The lowest BCUT2D eigenvalue weighted by molar-refractivity contribution is -0.161. The number of carbonyl (C=O) groups is 2. The molecule has 2 aromatic heterocycles. The van der Waals surface area contributed by atoms with Gasteiger partial charge < -0.3 is 10.6 Å². The largest absolute Gasteiger partial charge is 0.325 e. The fourth-order valence-electron chi connectivity index (χ4n) is 5.99. The van der Waals surface area contributed by atoms with Crippen molar-refractivity contribution in [2.75, 3.05) is 10.6 Å². The lowest BCUT2D eigenvalue weighted by Crippen LogP contribution is -2.59. The van der Waals surface area contributed by atoms with Gasteiger partial charge in [-0.25, -0.2) is 0 Å². The molecule has 6 rings (SSSR count). The smallest absolute Gasteiger partial charge is 0.230 e. The summed E-state index contributed by atoms with van der Waals surface area (Å²) in [6.45, 7) is 0. The predicted molar refractivity (Wildman–Crippen MR) is 105 cm³/mol. The third-order valence-electron chi connectivity index (χ3n) is 6.58. The second kappa shape index (κ2) is 5.92. The van der Waals surface area contributed by atoms with Crippen LogP contribution < -0.4 is 10.6 Å². The number of anilines is 2. The predicted octanol–water partition coefficient (Wildman–Crippen LogP) is 4.97. The van der Waals surface area contributed by atoms with Crippen molar-refractivity contribution in [1.29, 1.82) is 0 Å². The Kier molecular flexibility index (Phi) is 3.76. The molecule has 2 aromatic rings. The second-order valence-electron chi connectivity index (χ2n) is 8.45. The normalized spacial score (nSPS) is 34.6. The van der Waals surface area contributed by atoms with Crippen LogP contribution in [0, 0.1) is 22.7 Å². The molecule has 2 N–H and O–H groups in total.